The fraction of sp³-hybridized carbons (Fsp3) is 0.700. The quantitative estimate of drug-likeness (QED) is 0.271. The SMILES string of the molecule is CC(C)(C)O.CC(C)(C)O.CCOC(=O)[CH-]C(C)=O.CCOC(=O)[CH-]C(C)=O.[Ti+2]. The van der Waals surface area contributed by atoms with E-state index in [2.05, 4.69) is 9.47 Å². The largest absolute Gasteiger partial charge is 2.00 e. The zero-order chi connectivity index (χ0) is 23.6. The van der Waals surface area contributed by atoms with Gasteiger partial charge in [0.2, 0.25) is 0 Å². The van der Waals surface area contributed by atoms with Crippen molar-refractivity contribution < 1.29 is 60.6 Å². The molecule has 8 nitrogen and oxygen atoms in total. The van der Waals surface area contributed by atoms with Crippen molar-refractivity contribution in [2.45, 2.75) is 80.4 Å². The third kappa shape index (κ3) is 101. The van der Waals surface area contributed by atoms with Gasteiger partial charge in [-0.15, -0.1) is 0 Å². The minimum atomic E-state index is -0.565. The predicted octanol–water partition coefficient (Wildman–Crippen LogP) is 2.24. The normalized spacial score (nSPS) is 9.24. The molecule has 0 spiro atoms. The van der Waals surface area contributed by atoms with Crippen molar-refractivity contribution in [3.05, 3.63) is 12.8 Å². The summed E-state index contributed by atoms with van der Waals surface area (Å²) in [4.78, 5) is 41.1. The van der Waals surface area contributed by atoms with Crippen molar-refractivity contribution >= 4 is 23.5 Å². The van der Waals surface area contributed by atoms with E-state index in [1.54, 1.807) is 55.4 Å². The Bertz CT molecular complexity index is 394. The molecule has 0 radical (unpaired) electrons. The van der Waals surface area contributed by atoms with Crippen LogP contribution in [0.2, 0.25) is 0 Å². The van der Waals surface area contributed by atoms with Crippen LogP contribution >= 0.6 is 0 Å². The van der Waals surface area contributed by atoms with Gasteiger partial charge in [-0.2, -0.15) is 0 Å². The van der Waals surface area contributed by atoms with Crippen LogP contribution in [-0.2, 0) is 50.4 Å². The van der Waals surface area contributed by atoms with Crippen molar-refractivity contribution in [1.82, 2.24) is 0 Å². The summed E-state index contributed by atoms with van der Waals surface area (Å²) in [5.74, 6) is -1.70. The van der Waals surface area contributed by atoms with Gasteiger partial charge in [-0.3, -0.25) is 9.59 Å². The molecule has 2 N–H and O–H groups in total. The standard InChI is InChI=1S/2C6H9O3.2C4H10O.Ti/c2*1-3-9-6(8)4-5(2)7;2*1-4(2,3)5;/h2*4H,3H2,1-2H3;2*5H,1-3H3;/q2*-1;;;+2. The first-order chi connectivity index (χ1) is 12.3. The topological polar surface area (TPSA) is 127 Å². The summed E-state index contributed by atoms with van der Waals surface area (Å²) in [6.45, 7) is 17.1. The van der Waals surface area contributed by atoms with Crippen LogP contribution in [0.1, 0.15) is 69.2 Å². The Balaban J connectivity index is -0.0000000907. The Morgan fingerprint density at radius 1 is 0.690 bits per heavy atom. The molecule has 0 aliphatic heterocycles. The fourth-order valence-electron chi connectivity index (χ4n) is 0.700. The van der Waals surface area contributed by atoms with E-state index < -0.39 is 23.1 Å². The molecule has 0 aromatic heterocycles. The molecule has 0 saturated heterocycles. The summed E-state index contributed by atoms with van der Waals surface area (Å²) in [7, 11) is 0. The van der Waals surface area contributed by atoms with Crippen LogP contribution in [-0.4, -0.2) is 58.1 Å². The molecular formula is C20H38O8Ti. The van der Waals surface area contributed by atoms with E-state index in [1.165, 1.54) is 13.8 Å². The second kappa shape index (κ2) is 21.4. The van der Waals surface area contributed by atoms with Gasteiger partial charge < -0.3 is 29.3 Å². The molecule has 0 bridgehead atoms. The number of hydrogen-bond donors (Lipinski definition) is 2. The van der Waals surface area contributed by atoms with E-state index in [4.69, 9.17) is 10.2 Å². The molecular weight excluding hydrogens is 416 g/mol. The van der Waals surface area contributed by atoms with Crippen molar-refractivity contribution in [2.75, 3.05) is 13.2 Å². The number of hydrogen-bond acceptors (Lipinski definition) is 8. The number of aliphatic hydroxyl groups is 2. The maximum Gasteiger partial charge on any atom is 2.00 e. The summed E-state index contributed by atoms with van der Waals surface area (Å²) in [5, 5.41) is 17.0. The average Bonchev–Trinajstić information content (AvgIpc) is 2.33. The van der Waals surface area contributed by atoms with Gasteiger partial charge in [-0.1, -0.05) is 0 Å². The number of carbonyl (C=O) groups is 4. The fourth-order valence-corrected chi connectivity index (χ4v) is 0.700. The van der Waals surface area contributed by atoms with E-state index in [-0.39, 0.29) is 33.3 Å². The van der Waals surface area contributed by atoms with Gasteiger partial charge in [-0.05, 0) is 69.2 Å². The molecule has 0 heterocycles. The summed E-state index contributed by atoms with van der Waals surface area (Å²) in [5.41, 5.74) is -1.00. The van der Waals surface area contributed by atoms with Gasteiger partial charge in [0.15, 0.2) is 11.9 Å². The number of ketones is 2. The Hall–Kier alpha value is -1.35. The summed E-state index contributed by atoms with van der Waals surface area (Å²) < 4.78 is 8.87. The first kappa shape index (κ1) is 38.3. The maximum absolute atomic E-state index is 10.4. The van der Waals surface area contributed by atoms with E-state index in [0.717, 1.165) is 12.8 Å². The molecule has 0 amide bonds. The second-order valence-corrected chi connectivity index (χ2v) is 7.36. The third-order valence-electron chi connectivity index (χ3n) is 1.22. The van der Waals surface area contributed by atoms with E-state index in [1.807, 2.05) is 0 Å². The van der Waals surface area contributed by atoms with Gasteiger partial charge in [-0.25, -0.2) is 12.8 Å². The summed E-state index contributed by atoms with van der Waals surface area (Å²) in [6.07, 6.45) is 1.84. The molecule has 0 aromatic rings. The third-order valence-corrected chi connectivity index (χ3v) is 1.22. The van der Waals surface area contributed by atoms with Gasteiger partial charge >= 0.3 is 21.7 Å². The zero-order valence-corrected chi connectivity index (χ0v) is 21.0. The molecule has 29 heavy (non-hydrogen) atoms. The predicted molar refractivity (Wildman–Crippen MR) is 107 cm³/mol. The number of esters is 2. The van der Waals surface area contributed by atoms with E-state index in [9.17, 15) is 19.2 Å². The summed E-state index contributed by atoms with van der Waals surface area (Å²) >= 11 is 0. The van der Waals surface area contributed by atoms with Crippen LogP contribution in [0.5, 0.6) is 0 Å². The van der Waals surface area contributed by atoms with E-state index >= 15 is 0 Å². The van der Waals surface area contributed by atoms with Crippen LogP contribution in [0.25, 0.3) is 0 Å². The smallest absolute Gasteiger partial charge is 0.488 e. The number of Topliss-reactive ketones (excluding diaryl/α,β-unsaturated/α-hetero) is 2. The van der Waals surface area contributed by atoms with Gasteiger partial charge in [0, 0.05) is 11.6 Å². The zero-order valence-electron chi connectivity index (χ0n) is 19.4. The van der Waals surface area contributed by atoms with Crippen molar-refractivity contribution in [3.63, 3.8) is 0 Å². The van der Waals surface area contributed by atoms with Crippen molar-refractivity contribution in [2.24, 2.45) is 0 Å². The first-order valence-corrected chi connectivity index (χ1v) is 8.82. The Labute approximate surface area is 190 Å². The van der Waals surface area contributed by atoms with Crippen LogP contribution < -0.4 is 0 Å². The monoisotopic (exact) mass is 454 g/mol. The molecule has 0 aromatic carbocycles. The van der Waals surface area contributed by atoms with E-state index in [0.29, 0.717) is 13.2 Å². The van der Waals surface area contributed by atoms with Gasteiger partial charge in [0.1, 0.15) is 0 Å². The number of carbonyl (C=O) groups excluding carboxylic acids is 4. The second-order valence-electron chi connectivity index (χ2n) is 7.36. The molecule has 170 valence electrons. The molecule has 0 aliphatic carbocycles. The molecule has 9 heteroatoms. The molecule has 0 saturated carbocycles. The van der Waals surface area contributed by atoms with Crippen LogP contribution in [0.3, 0.4) is 0 Å². The molecule has 0 fully saturated rings. The molecule has 0 unspecified atom stereocenters. The first-order valence-electron chi connectivity index (χ1n) is 8.82. The minimum Gasteiger partial charge on any atom is -0.488 e. The van der Waals surface area contributed by atoms with Crippen LogP contribution in [0.4, 0.5) is 0 Å². The summed E-state index contributed by atoms with van der Waals surface area (Å²) in [6, 6.07) is 0. The average molecular weight is 454 g/mol. The molecule has 0 atom stereocenters. The maximum atomic E-state index is 10.4. The Morgan fingerprint density at radius 3 is 0.966 bits per heavy atom. The van der Waals surface area contributed by atoms with Crippen LogP contribution in [0, 0.1) is 12.8 Å². The minimum absolute atomic E-state index is 0. The molecule has 0 rings (SSSR count). The number of rotatable bonds is 6. The van der Waals surface area contributed by atoms with Crippen LogP contribution in [0.15, 0.2) is 0 Å². The molecule has 0 aliphatic rings. The van der Waals surface area contributed by atoms with Crippen molar-refractivity contribution in [3.8, 4) is 0 Å². The van der Waals surface area contributed by atoms with Crippen molar-refractivity contribution in [1.29, 1.82) is 0 Å². The number of ether oxygens (including phenoxy) is 2. The Morgan fingerprint density at radius 2 is 0.862 bits per heavy atom. The van der Waals surface area contributed by atoms with Gasteiger partial charge in [0.05, 0.1) is 24.4 Å². The Kier molecular flexibility index (Phi) is 28.2. The van der Waals surface area contributed by atoms with Gasteiger partial charge in [0.25, 0.3) is 0 Å².